The van der Waals surface area contributed by atoms with Crippen molar-refractivity contribution in [1.29, 1.82) is 0 Å². The Labute approximate surface area is 206 Å². The number of rotatable bonds is 8. The monoisotopic (exact) mass is 518 g/mol. The molecule has 1 atom stereocenters. The number of thiazole rings is 1. The molecule has 0 bridgehead atoms. The van der Waals surface area contributed by atoms with E-state index in [1.807, 2.05) is 11.5 Å². The van der Waals surface area contributed by atoms with Crippen molar-refractivity contribution < 1.29 is 22.9 Å². The van der Waals surface area contributed by atoms with Crippen molar-refractivity contribution in [2.45, 2.75) is 31.2 Å². The number of carbonyl (C=O) groups excluding carboxylic acids is 1. The van der Waals surface area contributed by atoms with Crippen LogP contribution in [0.5, 0.6) is 0 Å². The molecule has 1 aliphatic heterocycles. The van der Waals surface area contributed by atoms with Gasteiger partial charge in [0.2, 0.25) is 10.0 Å². The summed E-state index contributed by atoms with van der Waals surface area (Å²) >= 11 is 1.19. The molecule has 12 heteroatoms. The number of ether oxygens (including phenoxy) is 1. The summed E-state index contributed by atoms with van der Waals surface area (Å²) in [7, 11) is -3.70. The number of aromatic nitrogens is 1. The zero-order valence-corrected chi connectivity index (χ0v) is 20.8. The molecule has 1 fully saturated rings. The van der Waals surface area contributed by atoms with Crippen LogP contribution in [0.4, 0.5) is 5.69 Å². The molecule has 1 amide bonds. The van der Waals surface area contributed by atoms with Crippen molar-refractivity contribution >= 4 is 43.2 Å². The molecule has 0 N–H and O–H groups in total. The van der Waals surface area contributed by atoms with Crippen LogP contribution in [0.2, 0.25) is 0 Å². The van der Waals surface area contributed by atoms with Crippen LogP contribution in [-0.2, 0) is 26.1 Å². The first kappa shape index (κ1) is 25.2. The molecule has 1 saturated heterocycles. The summed E-state index contributed by atoms with van der Waals surface area (Å²) < 4.78 is 35.3. The lowest BCUT2D eigenvalue weighted by atomic mass is 9.99. The molecule has 3 aromatic rings. The third kappa shape index (κ3) is 5.50. The van der Waals surface area contributed by atoms with Crippen molar-refractivity contribution in [1.82, 2.24) is 8.87 Å². The lowest BCUT2D eigenvalue weighted by Crippen LogP contribution is -2.42. The van der Waals surface area contributed by atoms with Gasteiger partial charge in [0.1, 0.15) is 0 Å². The number of piperidine rings is 1. The van der Waals surface area contributed by atoms with Gasteiger partial charge in [-0.25, -0.2) is 8.42 Å². The Kier molecular flexibility index (Phi) is 7.75. The number of hydrogen-bond donors (Lipinski definition) is 0. The molecule has 35 heavy (non-hydrogen) atoms. The number of fused-ring (bicyclic) bond motifs is 1. The number of sulfonamides is 1. The van der Waals surface area contributed by atoms with E-state index in [2.05, 4.69) is 4.99 Å². The molecule has 2 aromatic carbocycles. The number of nitro groups is 1. The van der Waals surface area contributed by atoms with Crippen molar-refractivity contribution in [2.24, 2.45) is 10.9 Å². The highest BCUT2D eigenvalue weighted by Gasteiger charge is 2.33. The molecule has 10 nitrogen and oxygen atoms in total. The SMILES string of the molecule is CCOCCn1c(=NC(=O)C2CCCN(S(=O)(=O)c3ccccc3)C2)sc2cc([N+](=O)[O-])ccc21. The van der Waals surface area contributed by atoms with Gasteiger partial charge in [-0.1, -0.05) is 29.5 Å². The van der Waals surface area contributed by atoms with E-state index in [1.54, 1.807) is 36.4 Å². The van der Waals surface area contributed by atoms with Gasteiger partial charge >= 0.3 is 0 Å². The molecule has 1 aromatic heterocycles. The van der Waals surface area contributed by atoms with E-state index in [0.29, 0.717) is 48.6 Å². The van der Waals surface area contributed by atoms with E-state index in [-0.39, 0.29) is 17.1 Å². The summed E-state index contributed by atoms with van der Waals surface area (Å²) in [5, 5.41) is 11.2. The van der Waals surface area contributed by atoms with Gasteiger partial charge in [-0.2, -0.15) is 9.30 Å². The van der Waals surface area contributed by atoms with Crippen LogP contribution < -0.4 is 4.80 Å². The van der Waals surface area contributed by atoms with Gasteiger partial charge in [0, 0.05) is 38.4 Å². The second-order valence-corrected chi connectivity index (χ2v) is 11.1. The summed E-state index contributed by atoms with van der Waals surface area (Å²) in [5.74, 6) is -0.966. The molecule has 1 aliphatic rings. The smallest absolute Gasteiger partial charge is 0.270 e. The maximum Gasteiger partial charge on any atom is 0.270 e. The first-order chi connectivity index (χ1) is 16.8. The number of non-ortho nitro benzene ring substituents is 1. The minimum Gasteiger partial charge on any atom is -0.380 e. The summed E-state index contributed by atoms with van der Waals surface area (Å²) in [6.07, 6.45) is 1.10. The fourth-order valence-corrected chi connectivity index (χ4v) is 6.71. The number of amides is 1. The summed E-state index contributed by atoms with van der Waals surface area (Å²) in [6, 6.07) is 12.7. The van der Waals surface area contributed by atoms with Crippen LogP contribution >= 0.6 is 11.3 Å². The largest absolute Gasteiger partial charge is 0.380 e. The predicted octanol–water partition coefficient (Wildman–Crippen LogP) is 3.18. The molecule has 4 rings (SSSR count). The summed E-state index contributed by atoms with van der Waals surface area (Å²) in [4.78, 5) is 28.9. The fraction of sp³-hybridized carbons (Fsp3) is 0.391. The second kappa shape index (κ2) is 10.8. The summed E-state index contributed by atoms with van der Waals surface area (Å²) in [6.45, 7) is 3.65. The van der Waals surface area contributed by atoms with Gasteiger partial charge in [-0.3, -0.25) is 14.9 Å². The maximum atomic E-state index is 13.2. The van der Waals surface area contributed by atoms with Gasteiger partial charge in [0.25, 0.3) is 11.6 Å². The van der Waals surface area contributed by atoms with Crippen molar-refractivity contribution in [3.05, 3.63) is 63.4 Å². The molecule has 1 unspecified atom stereocenters. The van der Waals surface area contributed by atoms with Crippen LogP contribution in [0.3, 0.4) is 0 Å². The van der Waals surface area contributed by atoms with Gasteiger partial charge < -0.3 is 9.30 Å². The van der Waals surface area contributed by atoms with Gasteiger partial charge in [0.15, 0.2) is 4.80 Å². The number of benzene rings is 2. The Bertz CT molecular complexity index is 1400. The van der Waals surface area contributed by atoms with E-state index >= 15 is 0 Å². The van der Waals surface area contributed by atoms with E-state index in [0.717, 1.165) is 5.52 Å². The number of nitrogens with zero attached hydrogens (tertiary/aromatic N) is 4. The van der Waals surface area contributed by atoms with Crippen LogP contribution in [0.1, 0.15) is 19.8 Å². The van der Waals surface area contributed by atoms with Crippen molar-refractivity contribution in [3.8, 4) is 0 Å². The quantitative estimate of drug-likeness (QED) is 0.256. The number of nitro benzene ring substituents is 1. The molecule has 0 spiro atoms. The van der Waals surface area contributed by atoms with Crippen LogP contribution in [0, 0.1) is 16.0 Å². The molecule has 0 aliphatic carbocycles. The van der Waals surface area contributed by atoms with Crippen molar-refractivity contribution in [2.75, 3.05) is 26.3 Å². The van der Waals surface area contributed by atoms with E-state index in [4.69, 9.17) is 4.74 Å². The Morgan fingerprint density at radius 1 is 1.26 bits per heavy atom. The minimum atomic E-state index is -3.70. The normalized spacial score (nSPS) is 17.6. The fourth-order valence-electron chi connectivity index (χ4n) is 4.07. The lowest BCUT2D eigenvalue weighted by molar-refractivity contribution is -0.384. The third-order valence-corrected chi connectivity index (χ3v) is 8.78. The van der Waals surface area contributed by atoms with Crippen LogP contribution in [-0.4, -0.2) is 54.4 Å². The minimum absolute atomic E-state index is 0.0392. The first-order valence-corrected chi connectivity index (χ1v) is 13.6. The zero-order valence-electron chi connectivity index (χ0n) is 19.2. The predicted molar refractivity (Wildman–Crippen MR) is 131 cm³/mol. The van der Waals surface area contributed by atoms with Crippen LogP contribution in [0.15, 0.2) is 58.4 Å². The number of carbonyl (C=O) groups is 1. The topological polar surface area (TPSA) is 124 Å². The summed E-state index contributed by atoms with van der Waals surface area (Å²) in [5.41, 5.74) is 0.686. The van der Waals surface area contributed by atoms with E-state index in [1.165, 1.54) is 27.8 Å². The van der Waals surface area contributed by atoms with Crippen LogP contribution in [0.25, 0.3) is 10.2 Å². The van der Waals surface area contributed by atoms with Crippen molar-refractivity contribution in [3.63, 3.8) is 0 Å². The highest BCUT2D eigenvalue weighted by atomic mass is 32.2. The molecule has 2 heterocycles. The van der Waals surface area contributed by atoms with Gasteiger partial charge in [-0.15, -0.1) is 0 Å². The Balaban J connectivity index is 1.64. The van der Waals surface area contributed by atoms with Gasteiger partial charge in [0.05, 0.1) is 32.6 Å². The molecule has 186 valence electrons. The first-order valence-electron chi connectivity index (χ1n) is 11.3. The Morgan fingerprint density at radius 2 is 2.03 bits per heavy atom. The number of hydrogen-bond acceptors (Lipinski definition) is 7. The lowest BCUT2D eigenvalue weighted by Gasteiger charge is -2.30. The van der Waals surface area contributed by atoms with E-state index in [9.17, 15) is 23.3 Å². The molecular formula is C23H26N4O6S2. The maximum absolute atomic E-state index is 13.2. The highest BCUT2D eigenvalue weighted by Crippen LogP contribution is 2.26. The van der Waals surface area contributed by atoms with E-state index < -0.39 is 26.8 Å². The third-order valence-electron chi connectivity index (χ3n) is 5.86. The zero-order chi connectivity index (χ0) is 25.0. The Morgan fingerprint density at radius 3 is 2.74 bits per heavy atom. The second-order valence-electron chi connectivity index (χ2n) is 8.11. The average Bonchev–Trinajstić information content (AvgIpc) is 3.20. The average molecular weight is 519 g/mol. The Hall–Kier alpha value is -2.93. The highest BCUT2D eigenvalue weighted by molar-refractivity contribution is 7.89. The van der Waals surface area contributed by atoms with Gasteiger partial charge in [-0.05, 0) is 38.0 Å². The molecular weight excluding hydrogens is 492 g/mol. The molecule has 0 saturated carbocycles. The molecule has 0 radical (unpaired) electrons. The standard InChI is InChI=1S/C23H26N4O6S2/c1-2-33-14-13-26-20-11-10-18(27(29)30)15-21(20)34-23(26)24-22(28)17-7-6-12-25(16-17)35(31,32)19-8-4-3-5-9-19/h3-5,8-11,15,17H,2,6-7,12-14,16H2,1H3.